The number of carbonyl (C=O) groups excluding carboxylic acids is 3. The summed E-state index contributed by atoms with van der Waals surface area (Å²) in [5, 5.41) is 2.98. The summed E-state index contributed by atoms with van der Waals surface area (Å²) in [6, 6.07) is 7.41. The minimum absolute atomic E-state index is 0.0774. The first kappa shape index (κ1) is 14.8. The lowest BCUT2D eigenvalue weighted by molar-refractivity contribution is -0.129. The fraction of sp³-hybridized carbons (Fsp3) is 0.471. The molecule has 0 atom stereocenters. The predicted molar refractivity (Wildman–Crippen MR) is 81.2 cm³/mol. The Labute approximate surface area is 129 Å². The second kappa shape index (κ2) is 6.30. The predicted octanol–water partition coefficient (Wildman–Crippen LogP) is 1.66. The van der Waals surface area contributed by atoms with Gasteiger partial charge in [-0.2, -0.15) is 0 Å². The van der Waals surface area contributed by atoms with E-state index in [4.69, 9.17) is 0 Å². The van der Waals surface area contributed by atoms with E-state index in [1.807, 2.05) is 6.07 Å². The van der Waals surface area contributed by atoms with Gasteiger partial charge in [-0.1, -0.05) is 31.0 Å². The van der Waals surface area contributed by atoms with Gasteiger partial charge in [-0.05, 0) is 24.5 Å². The highest BCUT2D eigenvalue weighted by Crippen LogP contribution is 2.20. The van der Waals surface area contributed by atoms with Gasteiger partial charge in [0.2, 0.25) is 11.8 Å². The molecule has 1 fully saturated rings. The van der Waals surface area contributed by atoms with Gasteiger partial charge in [0.05, 0.1) is 6.42 Å². The van der Waals surface area contributed by atoms with Crippen LogP contribution in [0.5, 0.6) is 0 Å². The van der Waals surface area contributed by atoms with Crippen LogP contribution in [0.3, 0.4) is 0 Å². The Morgan fingerprint density at radius 1 is 1.18 bits per heavy atom. The molecule has 2 aliphatic rings. The monoisotopic (exact) mass is 300 g/mol. The van der Waals surface area contributed by atoms with Crippen molar-refractivity contribution in [2.24, 2.45) is 0 Å². The van der Waals surface area contributed by atoms with E-state index in [2.05, 4.69) is 5.32 Å². The van der Waals surface area contributed by atoms with Crippen LogP contribution in [0.15, 0.2) is 24.3 Å². The average Bonchev–Trinajstić information content (AvgIpc) is 3.00. The zero-order chi connectivity index (χ0) is 15.5. The maximum atomic E-state index is 12.4. The smallest absolute Gasteiger partial charge is 0.260 e. The van der Waals surface area contributed by atoms with Crippen LogP contribution in [0.25, 0.3) is 0 Å². The fourth-order valence-corrected chi connectivity index (χ4v) is 3.21. The third kappa shape index (κ3) is 3.03. The highest BCUT2D eigenvalue weighted by atomic mass is 16.2. The van der Waals surface area contributed by atoms with Crippen LogP contribution in [0.4, 0.5) is 0 Å². The number of amides is 3. The molecule has 0 bridgehead atoms. The van der Waals surface area contributed by atoms with Gasteiger partial charge in [0.15, 0.2) is 0 Å². The third-order valence-electron chi connectivity index (χ3n) is 4.42. The van der Waals surface area contributed by atoms with Crippen molar-refractivity contribution in [1.82, 2.24) is 10.2 Å². The minimum atomic E-state index is -0.291. The normalized spacial score (nSPS) is 18.5. The molecule has 0 aromatic heterocycles. The lowest BCUT2D eigenvalue weighted by Gasteiger charge is -2.26. The van der Waals surface area contributed by atoms with Crippen LogP contribution in [0.1, 0.15) is 48.0 Å². The van der Waals surface area contributed by atoms with Crippen molar-refractivity contribution in [1.29, 1.82) is 0 Å². The van der Waals surface area contributed by atoms with Gasteiger partial charge in [-0.15, -0.1) is 0 Å². The molecule has 0 spiro atoms. The molecule has 1 N–H and O–H groups in total. The SMILES string of the molecule is O=C(CCN1C(=O)Cc2ccccc2C1=O)NC1CCCC1. The maximum Gasteiger partial charge on any atom is 0.260 e. The number of imide groups is 1. The summed E-state index contributed by atoms with van der Waals surface area (Å²) in [5.41, 5.74) is 1.34. The Morgan fingerprint density at radius 2 is 1.91 bits per heavy atom. The molecule has 1 saturated carbocycles. The Hall–Kier alpha value is -2.17. The quantitative estimate of drug-likeness (QED) is 0.860. The number of hydrogen-bond acceptors (Lipinski definition) is 3. The molecule has 1 heterocycles. The number of benzene rings is 1. The van der Waals surface area contributed by atoms with Gasteiger partial charge < -0.3 is 5.32 Å². The van der Waals surface area contributed by atoms with Crippen molar-refractivity contribution in [2.75, 3.05) is 6.54 Å². The summed E-state index contributed by atoms with van der Waals surface area (Å²) in [7, 11) is 0. The highest BCUT2D eigenvalue weighted by Gasteiger charge is 2.30. The average molecular weight is 300 g/mol. The van der Waals surface area contributed by atoms with E-state index in [1.54, 1.807) is 18.2 Å². The maximum absolute atomic E-state index is 12.4. The van der Waals surface area contributed by atoms with Crippen LogP contribution >= 0.6 is 0 Å². The van der Waals surface area contributed by atoms with Crippen molar-refractivity contribution >= 4 is 17.7 Å². The number of nitrogens with one attached hydrogen (secondary N) is 1. The fourth-order valence-electron chi connectivity index (χ4n) is 3.21. The molecule has 0 radical (unpaired) electrons. The number of nitrogens with zero attached hydrogens (tertiary/aromatic N) is 1. The van der Waals surface area contributed by atoms with E-state index < -0.39 is 0 Å². The Balaban J connectivity index is 1.59. The zero-order valence-electron chi connectivity index (χ0n) is 12.5. The second-order valence-electron chi connectivity index (χ2n) is 5.98. The standard InChI is InChI=1S/C17H20N2O3/c20-15(18-13-6-2-3-7-13)9-10-19-16(21)11-12-5-1-4-8-14(12)17(19)22/h1,4-5,8,13H,2-3,6-7,9-11H2,(H,18,20). The highest BCUT2D eigenvalue weighted by molar-refractivity contribution is 6.09. The number of hydrogen-bond donors (Lipinski definition) is 1. The summed E-state index contributed by atoms with van der Waals surface area (Å²) in [5.74, 6) is -0.593. The van der Waals surface area contributed by atoms with Gasteiger partial charge in [0, 0.05) is 24.6 Å². The Kier molecular flexibility index (Phi) is 4.22. The third-order valence-corrected chi connectivity index (χ3v) is 4.42. The van der Waals surface area contributed by atoms with Crippen LogP contribution in [0.2, 0.25) is 0 Å². The van der Waals surface area contributed by atoms with Crippen molar-refractivity contribution in [3.63, 3.8) is 0 Å². The number of carbonyl (C=O) groups is 3. The van der Waals surface area contributed by atoms with Crippen LogP contribution in [-0.4, -0.2) is 35.2 Å². The van der Waals surface area contributed by atoms with Gasteiger partial charge >= 0.3 is 0 Å². The number of rotatable bonds is 4. The summed E-state index contributed by atoms with van der Waals surface area (Å²) in [4.78, 5) is 37.6. The van der Waals surface area contributed by atoms with Crippen molar-refractivity contribution in [3.8, 4) is 0 Å². The van der Waals surface area contributed by atoms with Gasteiger partial charge in [0.1, 0.15) is 0 Å². The minimum Gasteiger partial charge on any atom is -0.353 e. The largest absolute Gasteiger partial charge is 0.353 e. The molecular weight excluding hydrogens is 280 g/mol. The second-order valence-corrected chi connectivity index (χ2v) is 5.98. The first-order valence-corrected chi connectivity index (χ1v) is 7.87. The lowest BCUT2D eigenvalue weighted by Crippen LogP contribution is -2.44. The summed E-state index contributed by atoms with van der Waals surface area (Å²) in [6.45, 7) is 0.157. The van der Waals surface area contributed by atoms with Crippen molar-refractivity contribution < 1.29 is 14.4 Å². The summed E-state index contributed by atoms with van der Waals surface area (Å²) in [6.07, 6.45) is 4.78. The van der Waals surface area contributed by atoms with Crippen LogP contribution < -0.4 is 5.32 Å². The van der Waals surface area contributed by atoms with Crippen molar-refractivity contribution in [2.45, 2.75) is 44.6 Å². The molecule has 3 amide bonds. The van der Waals surface area contributed by atoms with Crippen molar-refractivity contribution in [3.05, 3.63) is 35.4 Å². The zero-order valence-corrected chi connectivity index (χ0v) is 12.5. The van der Waals surface area contributed by atoms with E-state index in [9.17, 15) is 14.4 Å². The molecule has 1 aliphatic carbocycles. The first-order chi connectivity index (χ1) is 10.6. The molecule has 1 aliphatic heterocycles. The Morgan fingerprint density at radius 3 is 2.68 bits per heavy atom. The summed E-state index contributed by atoms with van der Waals surface area (Å²) >= 11 is 0. The molecule has 5 nitrogen and oxygen atoms in total. The first-order valence-electron chi connectivity index (χ1n) is 7.87. The molecule has 0 unspecified atom stereocenters. The molecule has 0 saturated heterocycles. The molecule has 5 heteroatoms. The van der Waals surface area contributed by atoms with Gasteiger partial charge in [-0.3, -0.25) is 19.3 Å². The molecular formula is C17H20N2O3. The van der Waals surface area contributed by atoms with Gasteiger partial charge in [0.25, 0.3) is 5.91 Å². The van der Waals surface area contributed by atoms with Gasteiger partial charge in [-0.25, -0.2) is 0 Å². The van der Waals surface area contributed by atoms with E-state index >= 15 is 0 Å². The topological polar surface area (TPSA) is 66.5 Å². The van der Waals surface area contributed by atoms with E-state index in [0.29, 0.717) is 5.56 Å². The molecule has 3 rings (SSSR count). The van der Waals surface area contributed by atoms with E-state index in [-0.39, 0.29) is 43.1 Å². The van der Waals surface area contributed by atoms with E-state index in [0.717, 1.165) is 31.2 Å². The number of fused-ring (bicyclic) bond motifs is 1. The lowest BCUT2D eigenvalue weighted by atomic mass is 9.98. The Bertz CT molecular complexity index is 606. The van der Waals surface area contributed by atoms with Crippen LogP contribution in [-0.2, 0) is 16.0 Å². The van der Waals surface area contributed by atoms with E-state index in [1.165, 1.54) is 4.90 Å². The summed E-state index contributed by atoms with van der Waals surface area (Å²) < 4.78 is 0. The molecule has 22 heavy (non-hydrogen) atoms. The van der Waals surface area contributed by atoms with Crippen LogP contribution in [0, 0.1) is 0 Å². The molecule has 116 valence electrons. The molecule has 1 aromatic rings. The molecule has 1 aromatic carbocycles.